The maximum Gasteiger partial charge on any atom is 0.322 e. The standard InChI is InChI=1S/C30H37N5O4.2ClH/c1-21(36)34-15-16-35-24(18-34)17-33(19-25-28(37-2)31-30(39-4)32-29(25)38-3)20-26(35)27(22-11-7-5-8-12-22)23-13-9-6-10-14-23;;/h5-14,24,26-27H,15-20H2,1-4H3;2*1H/t24-,26?;;/m1../s1. The number of rotatable bonds is 8. The molecule has 2 aromatic carbocycles. The SMILES string of the molecule is COc1nc(OC)c(CN2CC(C(c3ccccc3)c3ccccc3)N3CCN(C(C)=O)C[C@H]3C2)c(OC)n1.Cl.Cl. The molecule has 1 unspecified atom stereocenters. The van der Waals surface area contributed by atoms with E-state index in [1.54, 1.807) is 21.1 Å². The molecule has 3 aromatic rings. The fourth-order valence-electron chi connectivity index (χ4n) is 6.09. The lowest BCUT2D eigenvalue weighted by molar-refractivity contribution is -0.134. The van der Waals surface area contributed by atoms with E-state index in [0.717, 1.165) is 31.7 Å². The van der Waals surface area contributed by atoms with E-state index in [1.165, 1.54) is 18.2 Å². The molecule has 2 aliphatic heterocycles. The van der Waals surface area contributed by atoms with Crippen LogP contribution in [0.3, 0.4) is 0 Å². The third kappa shape index (κ3) is 7.04. The van der Waals surface area contributed by atoms with Gasteiger partial charge >= 0.3 is 6.01 Å². The zero-order valence-electron chi connectivity index (χ0n) is 23.9. The largest absolute Gasteiger partial charge is 0.481 e. The van der Waals surface area contributed by atoms with Crippen molar-refractivity contribution >= 4 is 30.7 Å². The summed E-state index contributed by atoms with van der Waals surface area (Å²) in [5.74, 6) is 1.17. The molecule has 0 bridgehead atoms. The van der Waals surface area contributed by atoms with Gasteiger partial charge in [-0.2, -0.15) is 9.97 Å². The van der Waals surface area contributed by atoms with Crippen molar-refractivity contribution in [2.45, 2.75) is 31.5 Å². The lowest BCUT2D eigenvalue weighted by Crippen LogP contribution is -2.67. The zero-order chi connectivity index (χ0) is 27.4. The Labute approximate surface area is 254 Å². The van der Waals surface area contributed by atoms with E-state index >= 15 is 0 Å². The normalized spacial score (nSPS) is 19.0. The number of benzene rings is 2. The predicted octanol–water partition coefficient (Wildman–Crippen LogP) is 3.90. The molecule has 0 radical (unpaired) electrons. The molecule has 0 aliphatic carbocycles. The number of piperazine rings is 2. The number of carbonyl (C=O) groups is 1. The van der Waals surface area contributed by atoms with Crippen molar-refractivity contribution in [2.24, 2.45) is 0 Å². The molecule has 2 atom stereocenters. The Bertz CT molecular complexity index is 1210. The number of halogens is 2. The van der Waals surface area contributed by atoms with E-state index in [-0.39, 0.29) is 54.7 Å². The number of hydrogen-bond donors (Lipinski definition) is 0. The number of hydrogen-bond acceptors (Lipinski definition) is 8. The van der Waals surface area contributed by atoms with Gasteiger partial charge < -0.3 is 19.1 Å². The molecule has 3 heterocycles. The van der Waals surface area contributed by atoms with Gasteiger partial charge in [-0.15, -0.1) is 24.8 Å². The highest BCUT2D eigenvalue weighted by molar-refractivity contribution is 5.85. The topological polar surface area (TPSA) is 80.3 Å². The number of ether oxygens (including phenoxy) is 3. The van der Waals surface area contributed by atoms with Crippen molar-refractivity contribution in [3.05, 3.63) is 77.4 Å². The molecule has 9 nitrogen and oxygen atoms in total. The van der Waals surface area contributed by atoms with Crippen molar-refractivity contribution in [3.63, 3.8) is 0 Å². The van der Waals surface area contributed by atoms with Crippen LogP contribution in [-0.4, -0.2) is 96.7 Å². The molecule has 2 aliphatic rings. The highest BCUT2D eigenvalue weighted by Crippen LogP contribution is 2.37. The quantitative estimate of drug-likeness (QED) is 0.383. The van der Waals surface area contributed by atoms with E-state index in [1.807, 2.05) is 4.90 Å². The smallest absolute Gasteiger partial charge is 0.322 e. The van der Waals surface area contributed by atoms with E-state index < -0.39 is 0 Å². The summed E-state index contributed by atoms with van der Waals surface area (Å²) in [6, 6.07) is 22.1. The summed E-state index contributed by atoms with van der Waals surface area (Å²) in [6.45, 7) is 6.12. The molecule has 0 spiro atoms. The van der Waals surface area contributed by atoms with E-state index in [9.17, 15) is 4.79 Å². The van der Waals surface area contributed by atoms with Crippen molar-refractivity contribution in [1.29, 1.82) is 0 Å². The van der Waals surface area contributed by atoms with E-state index in [4.69, 9.17) is 14.2 Å². The zero-order valence-corrected chi connectivity index (χ0v) is 25.6. The molecule has 1 aromatic heterocycles. The number of carbonyl (C=O) groups excluding carboxylic acids is 1. The second-order valence-corrected chi connectivity index (χ2v) is 10.1. The van der Waals surface area contributed by atoms with Crippen LogP contribution in [0.25, 0.3) is 0 Å². The van der Waals surface area contributed by atoms with Crippen LogP contribution >= 0.6 is 24.8 Å². The lowest BCUT2D eigenvalue weighted by atomic mass is 9.81. The van der Waals surface area contributed by atoms with E-state index in [0.29, 0.717) is 24.8 Å². The summed E-state index contributed by atoms with van der Waals surface area (Å²) in [6.07, 6.45) is 0. The first-order valence-electron chi connectivity index (χ1n) is 13.4. The van der Waals surface area contributed by atoms with Crippen LogP contribution in [-0.2, 0) is 11.3 Å². The second kappa shape index (κ2) is 14.7. The maximum absolute atomic E-state index is 12.4. The van der Waals surface area contributed by atoms with Crippen LogP contribution in [0.5, 0.6) is 17.8 Å². The first-order valence-corrected chi connectivity index (χ1v) is 13.4. The van der Waals surface area contributed by atoms with E-state index in [2.05, 4.69) is 80.4 Å². The van der Waals surface area contributed by atoms with Gasteiger partial charge in [-0.3, -0.25) is 14.6 Å². The van der Waals surface area contributed by atoms with Gasteiger partial charge in [0, 0.05) is 64.2 Å². The minimum absolute atomic E-state index is 0. The molecule has 5 rings (SSSR count). The lowest BCUT2D eigenvalue weighted by Gasteiger charge is -2.53. The molecule has 0 saturated carbocycles. The summed E-state index contributed by atoms with van der Waals surface area (Å²) < 4.78 is 16.5. The van der Waals surface area contributed by atoms with Crippen molar-refractivity contribution in [3.8, 4) is 17.8 Å². The average Bonchev–Trinajstić information content (AvgIpc) is 2.98. The predicted molar refractivity (Wildman–Crippen MR) is 163 cm³/mol. The number of fused-ring (bicyclic) bond motifs is 1. The van der Waals surface area contributed by atoms with Crippen LogP contribution in [0.4, 0.5) is 0 Å². The van der Waals surface area contributed by atoms with Crippen molar-refractivity contribution in [1.82, 2.24) is 24.7 Å². The molecule has 41 heavy (non-hydrogen) atoms. The average molecular weight is 605 g/mol. The molecule has 2 saturated heterocycles. The summed E-state index contributed by atoms with van der Waals surface area (Å²) in [7, 11) is 4.71. The van der Waals surface area contributed by atoms with Gasteiger partial charge in [0.15, 0.2) is 0 Å². The maximum atomic E-state index is 12.4. The van der Waals surface area contributed by atoms with Crippen LogP contribution in [0.2, 0.25) is 0 Å². The first-order chi connectivity index (χ1) is 19.0. The highest BCUT2D eigenvalue weighted by atomic mass is 35.5. The first kappa shape index (κ1) is 32.4. The van der Waals surface area contributed by atoms with Crippen molar-refractivity contribution < 1.29 is 19.0 Å². The number of nitrogens with zero attached hydrogens (tertiary/aromatic N) is 5. The molecule has 0 N–H and O–H groups in total. The molecule has 1 amide bonds. The minimum Gasteiger partial charge on any atom is -0.481 e. The number of aromatic nitrogens is 2. The Kier molecular flexibility index (Phi) is 11.6. The Morgan fingerprint density at radius 2 is 1.39 bits per heavy atom. The van der Waals surface area contributed by atoms with Gasteiger partial charge in [0.05, 0.1) is 26.9 Å². The van der Waals surface area contributed by atoms with Crippen LogP contribution < -0.4 is 14.2 Å². The van der Waals surface area contributed by atoms with Gasteiger partial charge in [0.25, 0.3) is 0 Å². The minimum atomic E-state index is 0. The molecule has 11 heteroatoms. The number of amides is 1. The van der Waals surface area contributed by atoms with Crippen molar-refractivity contribution in [2.75, 3.05) is 54.1 Å². The van der Waals surface area contributed by atoms with Gasteiger partial charge in [-0.25, -0.2) is 0 Å². The monoisotopic (exact) mass is 603 g/mol. The molecule has 2 fully saturated rings. The molecular weight excluding hydrogens is 565 g/mol. The second-order valence-electron chi connectivity index (χ2n) is 10.1. The summed E-state index contributed by atoms with van der Waals surface area (Å²) in [4.78, 5) is 28.2. The highest BCUT2D eigenvalue weighted by Gasteiger charge is 2.43. The van der Waals surface area contributed by atoms with Gasteiger partial charge in [0.2, 0.25) is 17.7 Å². The summed E-state index contributed by atoms with van der Waals surface area (Å²) >= 11 is 0. The van der Waals surface area contributed by atoms with Crippen LogP contribution in [0.1, 0.15) is 29.5 Å². The Morgan fingerprint density at radius 1 is 0.829 bits per heavy atom. The fourth-order valence-corrected chi connectivity index (χ4v) is 6.09. The third-order valence-corrected chi connectivity index (χ3v) is 7.88. The fraction of sp³-hybridized carbons (Fsp3) is 0.433. The summed E-state index contributed by atoms with van der Waals surface area (Å²) in [5, 5.41) is 0. The van der Waals surface area contributed by atoms with Crippen LogP contribution in [0.15, 0.2) is 60.7 Å². The Balaban J connectivity index is 0.00000231. The van der Waals surface area contributed by atoms with Crippen LogP contribution in [0, 0.1) is 0 Å². The number of methoxy groups -OCH3 is 3. The van der Waals surface area contributed by atoms with Gasteiger partial charge in [-0.1, -0.05) is 60.7 Å². The Hall–Kier alpha value is -3.11. The molecule has 222 valence electrons. The molecular formula is C30H39Cl2N5O4. The van der Waals surface area contributed by atoms with Gasteiger partial charge in [0.1, 0.15) is 0 Å². The summed E-state index contributed by atoms with van der Waals surface area (Å²) in [5.41, 5.74) is 3.35. The third-order valence-electron chi connectivity index (χ3n) is 7.88. The van der Waals surface area contributed by atoms with Gasteiger partial charge in [-0.05, 0) is 11.1 Å². The Morgan fingerprint density at radius 3 is 1.88 bits per heavy atom.